The Labute approximate surface area is 213 Å². The summed E-state index contributed by atoms with van der Waals surface area (Å²) in [6.07, 6.45) is -3.37. The van der Waals surface area contributed by atoms with Crippen LogP contribution in [0.2, 0.25) is 0 Å². The number of carboxylic acid groups (broad SMARTS) is 4. The predicted octanol–water partition coefficient (Wildman–Crippen LogP) is -4.12. The van der Waals surface area contributed by atoms with E-state index in [2.05, 4.69) is 0 Å². The third-order valence-electron chi connectivity index (χ3n) is 1.89. The van der Waals surface area contributed by atoms with Crippen LogP contribution in [-0.4, -0.2) is 186 Å². The molecule has 0 aliphatic carbocycles. The topological polar surface area (TPSA) is 181 Å². The summed E-state index contributed by atoms with van der Waals surface area (Å²) in [7, 11) is 0. The van der Waals surface area contributed by atoms with Crippen LogP contribution in [0.1, 0.15) is 6.42 Å². The van der Waals surface area contributed by atoms with Crippen LogP contribution in [0.25, 0.3) is 0 Å². The van der Waals surface area contributed by atoms with Crippen molar-refractivity contribution in [3.8, 4) is 0 Å². The maximum atomic E-state index is 10.7. The minimum absolute atomic E-state index is 0. The molecule has 0 amide bonds. The van der Waals surface area contributed by atoms with Crippen LogP contribution in [0.15, 0.2) is 0 Å². The Morgan fingerprint density at radius 2 is 1.18 bits per heavy atom. The molecule has 6 N–H and O–H groups in total. The maximum Gasteiger partial charge on any atom is 0.334 e. The van der Waals surface area contributed by atoms with Crippen molar-refractivity contribution in [3.63, 3.8) is 0 Å². The molecule has 106 valence electrons. The molecule has 0 rings (SSSR count). The molecule has 10 nitrogen and oxygen atoms in total. The molecular weight excluding hydrogens is 346 g/mol. The second-order valence-corrected chi connectivity index (χ2v) is 3.25. The van der Waals surface area contributed by atoms with Gasteiger partial charge in [-0.15, -0.1) is 0 Å². The quantitative estimate of drug-likeness (QED) is 0.233. The van der Waals surface area contributed by atoms with E-state index < -0.39 is 48.5 Å². The number of aliphatic hydroxyl groups excluding tert-OH is 1. The van der Waals surface area contributed by atoms with Crippen LogP contribution in [0, 0.1) is 0 Å². The van der Waals surface area contributed by atoms with Gasteiger partial charge in [0.15, 0.2) is 6.10 Å². The van der Waals surface area contributed by atoms with E-state index in [4.69, 9.17) is 25.5 Å². The number of carboxylic acids is 4. The van der Waals surface area contributed by atoms with Crippen molar-refractivity contribution >= 4 is 142 Å². The molecule has 0 aromatic heterocycles. The maximum absolute atomic E-state index is 10.7. The molecule has 0 aromatic rings. The number of aliphatic hydroxyl groups is 1. The Hall–Kier alpha value is 1.80. The number of carbonyl (C=O) groups is 4. The second kappa shape index (κ2) is 17.6. The average Bonchev–Trinajstić information content (AvgIpc) is 2.21. The summed E-state index contributed by atoms with van der Waals surface area (Å²) < 4.78 is 0. The van der Waals surface area contributed by atoms with Crippen LogP contribution in [-0.2, 0) is 19.2 Å². The minimum Gasteiger partial charge on any atom is -0.481 e. The Morgan fingerprint density at radius 3 is 1.41 bits per heavy atom. The Morgan fingerprint density at radius 1 is 0.773 bits per heavy atom. The van der Waals surface area contributed by atoms with E-state index in [0.29, 0.717) is 0 Å². The fourth-order valence-electron chi connectivity index (χ4n) is 1.05. The van der Waals surface area contributed by atoms with Crippen LogP contribution < -0.4 is 5.32 Å². The summed E-state index contributed by atoms with van der Waals surface area (Å²) in [6.45, 7) is 0. The van der Waals surface area contributed by atoms with Gasteiger partial charge in [-0.2, -0.15) is 0 Å². The number of hydrogen-bond donors (Lipinski definition) is 6. The Kier molecular flexibility index (Phi) is 28.0. The van der Waals surface area contributed by atoms with Crippen molar-refractivity contribution in [1.82, 2.24) is 5.32 Å². The van der Waals surface area contributed by atoms with E-state index >= 15 is 0 Å². The zero-order valence-corrected chi connectivity index (χ0v) is 20.8. The minimum atomic E-state index is -2.40. The van der Waals surface area contributed by atoms with E-state index in [-0.39, 0.29) is 118 Å². The average molecular weight is 357 g/mol. The molecule has 14 heteroatoms. The van der Waals surface area contributed by atoms with Crippen molar-refractivity contribution in [2.75, 3.05) is 0 Å². The van der Waals surface area contributed by atoms with Gasteiger partial charge in [0, 0.05) is 118 Å². The Bertz CT molecular complexity index is 381. The van der Waals surface area contributed by atoms with Gasteiger partial charge in [-0.25, -0.2) is 4.79 Å². The zero-order chi connectivity index (χ0) is 14.5. The number of hydrogen-bond acceptors (Lipinski definition) is 6. The largest absolute Gasteiger partial charge is 0.481 e. The van der Waals surface area contributed by atoms with Crippen LogP contribution in [0.4, 0.5) is 0 Å². The Balaban J connectivity index is -0.000000241. The SMILES string of the molecule is O=C(O)CC(NC(C(=O)O)C(O)C(=O)O)C(=O)O.[Na].[Na].[Na].[Na]. The summed E-state index contributed by atoms with van der Waals surface area (Å²) in [6, 6.07) is -3.97. The second-order valence-electron chi connectivity index (χ2n) is 3.25. The first kappa shape index (κ1) is 35.0. The standard InChI is InChI=1S/C8H11NO9.4Na/c10-3(11)1-2(6(13)14)9-4(7(15)16)5(12)8(17)18;;;;/h2,4-5,9,12H,1H2,(H,10,11)(H,13,14)(H,15,16)(H,17,18);;;;. The molecule has 22 heavy (non-hydrogen) atoms. The number of aliphatic carboxylic acids is 4. The summed E-state index contributed by atoms with van der Waals surface area (Å²) in [5.41, 5.74) is 0. The summed E-state index contributed by atoms with van der Waals surface area (Å²) in [5, 5.41) is 44.9. The van der Waals surface area contributed by atoms with Gasteiger partial charge in [-0.3, -0.25) is 19.7 Å². The first-order valence-corrected chi connectivity index (χ1v) is 4.51. The van der Waals surface area contributed by atoms with Gasteiger partial charge in [0.1, 0.15) is 12.1 Å². The molecule has 3 atom stereocenters. The number of rotatable bonds is 8. The zero-order valence-electron chi connectivity index (χ0n) is 12.8. The summed E-state index contributed by atoms with van der Waals surface area (Å²) in [4.78, 5) is 42.0. The van der Waals surface area contributed by atoms with Crippen LogP contribution >= 0.6 is 0 Å². The van der Waals surface area contributed by atoms with Crippen LogP contribution in [0.5, 0.6) is 0 Å². The van der Waals surface area contributed by atoms with Crippen molar-refractivity contribution in [1.29, 1.82) is 0 Å². The molecule has 0 spiro atoms. The molecule has 0 aliphatic heterocycles. The van der Waals surface area contributed by atoms with Gasteiger partial charge < -0.3 is 25.5 Å². The summed E-state index contributed by atoms with van der Waals surface area (Å²) in [5.74, 6) is -6.90. The normalized spacial score (nSPS) is 12.6. The first-order chi connectivity index (χ1) is 8.16. The van der Waals surface area contributed by atoms with Crippen molar-refractivity contribution in [2.24, 2.45) is 0 Å². The van der Waals surface area contributed by atoms with Crippen molar-refractivity contribution in [2.45, 2.75) is 24.6 Å². The smallest absolute Gasteiger partial charge is 0.334 e. The molecule has 0 aromatic carbocycles. The third kappa shape index (κ3) is 14.2. The van der Waals surface area contributed by atoms with Gasteiger partial charge in [0.2, 0.25) is 0 Å². The van der Waals surface area contributed by atoms with Gasteiger partial charge in [-0.1, -0.05) is 0 Å². The molecule has 3 unspecified atom stereocenters. The number of nitrogens with one attached hydrogen (secondary N) is 1. The monoisotopic (exact) mass is 357 g/mol. The van der Waals surface area contributed by atoms with Gasteiger partial charge in [0.05, 0.1) is 6.42 Å². The molecule has 0 heterocycles. The van der Waals surface area contributed by atoms with Crippen molar-refractivity contribution < 1.29 is 44.7 Å². The summed E-state index contributed by atoms with van der Waals surface area (Å²) >= 11 is 0. The predicted molar refractivity (Wildman–Crippen MR) is 74.9 cm³/mol. The molecule has 0 saturated carbocycles. The first-order valence-electron chi connectivity index (χ1n) is 4.51. The molecule has 4 radical (unpaired) electrons. The van der Waals surface area contributed by atoms with Gasteiger partial charge in [0.25, 0.3) is 0 Å². The van der Waals surface area contributed by atoms with Crippen molar-refractivity contribution in [3.05, 3.63) is 0 Å². The van der Waals surface area contributed by atoms with E-state index in [1.807, 2.05) is 0 Å². The van der Waals surface area contributed by atoms with E-state index in [0.717, 1.165) is 0 Å². The molecular formula is C8H11NNa4O9. The van der Waals surface area contributed by atoms with E-state index in [9.17, 15) is 19.2 Å². The molecule has 0 aliphatic rings. The fourth-order valence-corrected chi connectivity index (χ4v) is 1.05. The van der Waals surface area contributed by atoms with E-state index in [1.54, 1.807) is 5.32 Å². The third-order valence-corrected chi connectivity index (χ3v) is 1.89. The van der Waals surface area contributed by atoms with Crippen LogP contribution in [0.3, 0.4) is 0 Å². The van der Waals surface area contributed by atoms with Gasteiger partial charge in [-0.05, 0) is 0 Å². The molecule has 0 bridgehead atoms. The van der Waals surface area contributed by atoms with E-state index in [1.165, 1.54) is 0 Å². The fraction of sp³-hybridized carbons (Fsp3) is 0.500. The van der Waals surface area contributed by atoms with Gasteiger partial charge >= 0.3 is 23.9 Å². The molecule has 0 saturated heterocycles. The molecule has 0 fully saturated rings.